The number of carbonyl (C=O) groups excluding carboxylic acids is 1. The molecule has 6 nitrogen and oxygen atoms in total. The number of ether oxygens (including phenoxy) is 1. The standard InChI is InChI=1S/C20H26N4O2/c1-3-23-8-10-24(11-9-23)20(25)17-12-18(15-21-13-17)22-14-16-6-4-5-7-19(16)26-2/h4-7,12-13,15,22H,3,8-11,14H2,1-2H3. The molecule has 1 amide bonds. The van der Waals surface area contributed by atoms with Crippen LogP contribution in [0.2, 0.25) is 0 Å². The quantitative estimate of drug-likeness (QED) is 0.864. The summed E-state index contributed by atoms with van der Waals surface area (Å²) in [7, 11) is 1.66. The van der Waals surface area contributed by atoms with Gasteiger partial charge in [-0.15, -0.1) is 0 Å². The van der Waals surface area contributed by atoms with Crippen molar-refractivity contribution < 1.29 is 9.53 Å². The lowest BCUT2D eigenvalue weighted by Gasteiger charge is -2.34. The molecule has 1 N–H and O–H groups in total. The first kappa shape index (κ1) is 18.2. The Labute approximate surface area is 154 Å². The van der Waals surface area contributed by atoms with Crippen LogP contribution in [0.25, 0.3) is 0 Å². The number of hydrogen-bond acceptors (Lipinski definition) is 5. The van der Waals surface area contributed by atoms with Crippen LogP contribution < -0.4 is 10.1 Å². The first-order chi connectivity index (χ1) is 12.7. The van der Waals surface area contributed by atoms with E-state index in [-0.39, 0.29) is 5.91 Å². The van der Waals surface area contributed by atoms with Crippen LogP contribution in [0, 0.1) is 0 Å². The zero-order chi connectivity index (χ0) is 18.4. The Hall–Kier alpha value is -2.60. The van der Waals surface area contributed by atoms with E-state index >= 15 is 0 Å². The van der Waals surface area contributed by atoms with E-state index in [0.29, 0.717) is 12.1 Å². The maximum Gasteiger partial charge on any atom is 0.255 e. The summed E-state index contributed by atoms with van der Waals surface area (Å²) in [4.78, 5) is 21.2. The number of benzene rings is 1. The summed E-state index contributed by atoms with van der Waals surface area (Å²) in [5, 5.41) is 3.33. The zero-order valence-corrected chi connectivity index (χ0v) is 15.4. The zero-order valence-electron chi connectivity index (χ0n) is 15.4. The molecule has 1 aliphatic heterocycles. The summed E-state index contributed by atoms with van der Waals surface area (Å²) < 4.78 is 5.37. The SMILES string of the molecule is CCN1CCN(C(=O)c2cncc(NCc3ccccc3OC)c2)CC1. The normalized spacial score (nSPS) is 14.9. The minimum absolute atomic E-state index is 0.0502. The highest BCUT2D eigenvalue weighted by atomic mass is 16.5. The molecule has 0 saturated carbocycles. The highest BCUT2D eigenvalue weighted by Crippen LogP contribution is 2.19. The van der Waals surface area contributed by atoms with Gasteiger partial charge < -0.3 is 19.9 Å². The third kappa shape index (κ3) is 4.32. The van der Waals surface area contributed by atoms with Gasteiger partial charge >= 0.3 is 0 Å². The molecule has 6 heteroatoms. The van der Waals surface area contributed by atoms with Crippen molar-refractivity contribution in [3.8, 4) is 5.75 Å². The fourth-order valence-electron chi connectivity index (χ4n) is 3.15. The van der Waals surface area contributed by atoms with Crippen LogP contribution in [0.3, 0.4) is 0 Å². The number of hydrogen-bond donors (Lipinski definition) is 1. The first-order valence-corrected chi connectivity index (χ1v) is 9.03. The highest BCUT2D eigenvalue weighted by Gasteiger charge is 2.21. The van der Waals surface area contributed by atoms with E-state index in [1.807, 2.05) is 35.2 Å². The molecule has 3 rings (SSSR count). The van der Waals surface area contributed by atoms with Gasteiger partial charge in [0.05, 0.1) is 18.4 Å². The van der Waals surface area contributed by atoms with E-state index in [9.17, 15) is 4.79 Å². The second kappa shape index (κ2) is 8.67. The van der Waals surface area contributed by atoms with Crippen molar-refractivity contribution in [1.29, 1.82) is 0 Å². The molecule has 2 aromatic rings. The number of nitrogens with one attached hydrogen (secondary N) is 1. The Balaban J connectivity index is 1.64. The molecule has 0 unspecified atom stereocenters. The number of amides is 1. The number of aromatic nitrogens is 1. The minimum Gasteiger partial charge on any atom is -0.496 e. The van der Waals surface area contributed by atoms with Gasteiger partial charge in [-0.25, -0.2) is 0 Å². The van der Waals surface area contributed by atoms with Crippen LogP contribution in [-0.2, 0) is 6.54 Å². The van der Waals surface area contributed by atoms with Gasteiger partial charge in [-0.05, 0) is 18.7 Å². The molecule has 138 valence electrons. The highest BCUT2D eigenvalue weighted by molar-refractivity contribution is 5.94. The summed E-state index contributed by atoms with van der Waals surface area (Å²) in [6.45, 7) is 7.20. The van der Waals surface area contributed by atoms with Gasteiger partial charge in [0.15, 0.2) is 0 Å². The Morgan fingerprint density at radius 2 is 1.96 bits per heavy atom. The van der Waals surface area contributed by atoms with Gasteiger partial charge in [-0.1, -0.05) is 25.1 Å². The summed E-state index contributed by atoms with van der Waals surface area (Å²) >= 11 is 0. The van der Waals surface area contributed by atoms with Gasteiger partial charge in [-0.3, -0.25) is 9.78 Å². The number of rotatable bonds is 6. The van der Waals surface area contributed by atoms with E-state index in [4.69, 9.17) is 4.74 Å². The average molecular weight is 354 g/mol. The Morgan fingerprint density at radius 3 is 2.69 bits per heavy atom. The Morgan fingerprint density at radius 1 is 1.19 bits per heavy atom. The lowest BCUT2D eigenvalue weighted by molar-refractivity contribution is 0.0643. The molecule has 1 fully saturated rings. The van der Waals surface area contributed by atoms with Crippen molar-refractivity contribution in [2.75, 3.05) is 45.2 Å². The molecule has 0 atom stereocenters. The van der Waals surface area contributed by atoms with Crippen molar-refractivity contribution in [3.63, 3.8) is 0 Å². The number of para-hydroxylation sites is 1. The number of piperazine rings is 1. The summed E-state index contributed by atoms with van der Waals surface area (Å²) in [6.07, 6.45) is 3.38. The van der Waals surface area contributed by atoms with Crippen molar-refractivity contribution in [3.05, 3.63) is 53.9 Å². The van der Waals surface area contributed by atoms with Gasteiger partial charge in [-0.2, -0.15) is 0 Å². The fourth-order valence-corrected chi connectivity index (χ4v) is 3.15. The van der Waals surface area contributed by atoms with E-state index in [2.05, 4.69) is 22.1 Å². The molecular weight excluding hydrogens is 328 g/mol. The molecule has 2 heterocycles. The van der Waals surface area contributed by atoms with Crippen molar-refractivity contribution in [2.45, 2.75) is 13.5 Å². The van der Waals surface area contributed by atoms with Crippen molar-refractivity contribution >= 4 is 11.6 Å². The third-order valence-electron chi connectivity index (χ3n) is 4.77. The van der Waals surface area contributed by atoms with Crippen molar-refractivity contribution in [2.24, 2.45) is 0 Å². The molecule has 0 radical (unpaired) electrons. The van der Waals surface area contributed by atoms with Crippen LogP contribution in [0.5, 0.6) is 5.75 Å². The minimum atomic E-state index is 0.0502. The molecular formula is C20H26N4O2. The molecule has 0 bridgehead atoms. The second-order valence-corrected chi connectivity index (χ2v) is 6.35. The molecule has 0 aliphatic carbocycles. The number of anilines is 1. The lowest BCUT2D eigenvalue weighted by Crippen LogP contribution is -2.48. The molecule has 26 heavy (non-hydrogen) atoms. The fraction of sp³-hybridized carbons (Fsp3) is 0.400. The predicted molar refractivity (Wildman–Crippen MR) is 103 cm³/mol. The van der Waals surface area contributed by atoms with Gasteiger partial charge in [0, 0.05) is 50.7 Å². The second-order valence-electron chi connectivity index (χ2n) is 6.35. The van der Waals surface area contributed by atoms with Gasteiger partial charge in [0.25, 0.3) is 5.91 Å². The molecule has 1 saturated heterocycles. The molecule has 1 aromatic heterocycles. The largest absolute Gasteiger partial charge is 0.496 e. The third-order valence-corrected chi connectivity index (χ3v) is 4.77. The molecule has 0 spiro atoms. The molecule has 1 aromatic carbocycles. The smallest absolute Gasteiger partial charge is 0.255 e. The maximum atomic E-state index is 12.7. The summed E-state index contributed by atoms with van der Waals surface area (Å²) in [5.74, 6) is 0.892. The Bertz CT molecular complexity index is 742. The predicted octanol–water partition coefficient (Wildman–Crippen LogP) is 2.48. The number of carbonyl (C=O) groups is 1. The van der Waals surface area contributed by atoms with E-state index in [1.165, 1.54) is 0 Å². The van der Waals surface area contributed by atoms with Gasteiger partial charge in [0.2, 0.25) is 0 Å². The maximum absolute atomic E-state index is 12.7. The first-order valence-electron chi connectivity index (χ1n) is 9.03. The van der Waals surface area contributed by atoms with Crippen LogP contribution in [0.4, 0.5) is 5.69 Å². The van der Waals surface area contributed by atoms with E-state index in [1.54, 1.807) is 19.5 Å². The molecule has 1 aliphatic rings. The van der Waals surface area contributed by atoms with Crippen LogP contribution in [-0.4, -0.2) is 60.5 Å². The number of nitrogens with zero attached hydrogens (tertiary/aromatic N) is 3. The monoisotopic (exact) mass is 354 g/mol. The summed E-state index contributed by atoms with van der Waals surface area (Å²) in [6, 6.07) is 9.75. The summed E-state index contributed by atoms with van der Waals surface area (Å²) in [5.41, 5.74) is 2.51. The van der Waals surface area contributed by atoms with Crippen LogP contribution in [0.15, 0.2) is 42.7 Å². The van der Waals surface area contributed by atoms with Crippen LogP contribution in [0.1, 0.15) is 22.8 Å². The number of methoxy groups -OCH3 is 1. The average Bonchev–Trinajstić information content (AvgIpc) is 2.72. The lowest BCUT2D eigenvalue weighted by atomic mass is 10.2. The van der Waals surface area contributed by atoms with Crippen LogP contribution >= 0.6 is 0 Å². The number of pyridine rings is 1. The Kier molecular flexibility index (Phi) is 6.07. The number of likely N-dealkylation sites (N-methyl/N-ethyl adjacent to an activating group) is 1. The topological polar surface area (TPSA) is 57.7 Å². The van der Waals surface area contributed by atoms with E-state index < -0.39 is 0 Å². The van der Waals surface area contributed by atoms with Gasteiger partial charge in [0.1, 0.15) is 5.75 Å². The van der Waals surface area contributed by atoms with Crippen molar-refractivity contribution in [1.82, 2.24) is 14.8 Å². The van der Waals surface area contributed by atoms with E-state index in [0.717, 1.165) is 49.7 Å².